The first-order chi connectivity index (χ1) is 5.91. The highest BCUT2D eigenvalue weighted by molar-refractivity contribution is 5.01. The van der Waals surface area contributed by atoms with Crippen LogP contribution in [0, 0.1) is 23.7 Å². The second-order valence-corrected chi connectivity index (χ2v) is 1.79. The maximum absolute atomic E-state index is 8.27. The number of aliphatic hydroxyl groups is 1. The predicted molar refractivity (Wildman–Crippen MR) is 45.3 cm³/mol. The Morgan fingerprint density at radius 3 is 2.17 bits per heavy atom. The minimum atomic E-state index is -0.126. The van der Waals surface area contributed by atoms with Crippen LogP contribution >= 0.6 is 0 Å². The Hall–Kier alpha value is -1.00. The molecule has 3 heteroatoms. The van der Waals surface area contributed by atoms with Crippen molar-refractivity contribution in [3.8, 4) is 23.7 Å². The van der Waals surface area contributed by atoms with Gasteiger partial charge >= 0.3 is 0 Å². The van der Waals surface area contributed by atoms with Gasteiger partial charge in [0.05, 0.1) is 0 Å². The second kappa shape index (κ2) is 10.0. The van der Waals surface area contributed by atoms with Crippen LogP contribution in [0.5, 0.6) is 0 Å². The van der Waals surface area contributed by atoms with Gasteiger partial charge in [0, 0.05) is 7.11 Å². The number of rotatable bonds is 3. The molecule has 0 bridgehead atoms. The fourth-order valence-electron chi connectivity index (χ4n) is 0.434. The molecule has 0 spiro atoms. The first kappa shape index (κ1) is 11.0. The Morgan fingerprint density at radius 2 is 1.58 bits per heavy atom. The second-order valence-electron chi connectivity index (χ2n) is 1.79. The smallest absolute Gasteiger partial charge is 0.109 e. The molecule has 0 saturated heterocycles. The molecular weight excluding hydrogens is 156 g/mol. The van der Waals surface area contributed by atoms with Gasteiger partial charge in [-0.05, 0) is 0 Å². The lowest BCUT2D eigenvalue weighted by molar-refractivity contribution is 0.203. The topological polar surface area (TPSA) is 38.7 Å². The van der Waals surface area contributed by atoms with Gasteiger partial charge in [0.15, 0.2) is 0 Å². The van der Waals surface area contributed by atoms with Gasteiger partial charge in [-0.1, -0.05) is 23.7 Å². The van der Waals surface area contributed by atoms with Gasteiger partial charge in [0.25, 0.3) is 0 Å². The summed E-state index contributed by atoms with van der Waals surface area (Å²) in [6, 6.07) is 0. The molecule has 0 rings (SSSR count). The molecule has 0 aromatic carbocycles. The third kappa shape index (κ3) is 9.00. The Bertz CT molecular complexity index is 201. The van der Waals surface area contributed by atoms with Gasteiger partial charge < -0.3 is 14.6 Å². The maximum Gasteiger partial charge on any atom is 0.109 e. The zero-order valence-corrected chi connectivity index (χ0v) is 7.09. The molecule has 66 valence electrons. The highest BCUT2D eigenvalue weighted by Gasteiger charge is 1.76. The summed E-state index contributed by atoms with van der Waals surface area (Å²) >= 11 is 0. The molecule has 0 saturated carbocycles. The number of ether oxygens (including phenoxy) is 2. The molecule has 0 heterocycles. The molecule has 0 fully saturated rings. The maximum atomic E-state index is 8.27. The van der Waals surface area contributed by atoms with E-state index in [0.717, 1.165) is 0 Å². The number of methoxy groups -OCH3 is 1. The molecule has 0 amide bonds. The Morgan fingerprint density at radius 1 is 1.00 bits per heavy atom. The first-order valence-electron chi connectivity index (χ1n) is 3.50. The van der Waals surface area contributed by atoms with Gasteiger partial charge in [0.1, 0.15) is 26.4 Å². The minimum Gasteiger partial charge on any atom is -0.384 e. The normalized spacial score (nSPS) is 7.83. The van der Waals surface area contributed by atoms with Gasteiger partial charge in [-0.3, -0.25) is 0 Å². The van der Waals surface area contributed by atoms with Crippen molar-refractivity contribution >= 4 is 0 Å². The van der Waals surface area contributed by atoms with E-state index >= 15 is 0 Å². The van der Waals surface area contributed by atoms with Crippen LogP contribution in [0.2, 0.25) is 0 Å². The van der Waals surface area contributed by atoms with E-state index in [1.165, 1.54) is 0 Å². The van der Waals surface area contributed by atoms with Gasteiger partial charge in [-0.15, -0.1) is 0 Å². The van der Waals surface area contributed by atoms with E-state index in [9.17, 15) is 0 Å². The van der Waals surface area contributed by atoms with E-state index < -0.39 is 0 Å². The van der Waals surface area contributed by atoms with E-state index in [1.54, 1.807) is 7.11 Å². The molecular formula is C9H12O3. The van der Waals surface area contributed by atoms with Crippen molar-refractivity contribution in [2.24, 2.45) is 0 Å². The summed E-state index contributed by atoms with van der Waals surface area (Å²) in [5.41, 5.74) is 0. The van der Waals surface area contributed by atoms with Crippen LogP contribution in [0.4, 0.5) is 0 Å². The molecule has 12 heavy (non-hydrogen) atoms. The monoisotopic (exact) mass is 168 g/mol. The van der Waals surface area contributed by atoms with Crippen LogP contribution in [0.3, 0.4) is 0 Å². The van der Waals surface area contributed by atoms with Crippen LogP contribution in [0.1, 0.15) is 0 Å². The van der Waals surface area contributed by atoms with Crippen LogP contribution < -0.4 is 0 Å². The van der Waals surface area contributed by atoms with Crippen LogP contribution in [-0.4, -0.2) is 38.6 Å². The minimum absolute atomic E-state index is 0.126. The lowest BCUT2D eigenvalue weighted by Gasteiger charge is -1.89. The van der Waals surface area contributed by atoms with Crippen molar-refractivity contribution in [3.63, 3.8) is 0 Å². The highest BCUT2D eigenvalue weighted by atomic mass is 16.5. The zero-order chi connectivity index (χ0) is 9.07. The summed E-state index contributed by atoms with van der Waals surface area (Å²) in [5.74, 6) is 10.5. The average molecular weight is 168 g/mol. The molecule has 0 unspecified atom stereocenters. The number of hydrogen-bond donors (Lipinski definition) is 1. The van der Waals surface area contributed by atoms with Crippen LogP contribution in [0.25, 0.3) is 0 Å². The van der Waals surface area contributed by atoms with E-state index in [2.05, 4.69) is 23.7 Å². The summed E-state index contributed by atoms with van der Waals surface area (Å²) in [5, 5.41) is 8.27. The van der Waals surface area contributed by atoms with E-state index in [-0.39, 0.29) is 6.61 Å². The summed E-state index contributed by atoms with van der Waals surface area (Å²) in [6.45, 7) is 0.954. The molecule has 0 aromatic rings. The number of hydrogen-bond acceptors (Lipinski definition) is 3. The van der Waals surface area contributed by atoms with Gasteiger partial charge in [-0.2, -0.15) is 0 Å². The molecule has 0 radical (unpaired) electrons. The first-order valence-corrected chi connectivity index (χ1v) is 3.50. The van der Waals surface area contributed by atoms with E-state index in [1.807, 2.05) is 0 Å². The van der Waals surface area contributed by atoms with Crippen LogP contribution in [0.15, 0.2) is 0 Å². The fraction of sp³-hybridized carbons (Fsp3) is 0.556. The number of aliphatic hydroxyl groups excluding tert-OH is 1. The largest absolute Gasteiger partial charge is 0.384 e. The van der Waals surface area contributed by atoms with Gasteiger partial charge in [-0.25, -0.2) is 0 Å². The summed E-state index contributed by atoms with van der Waals surface area (Å²) in [6.07, 6.45) is 0. The zero-order valence-electron chi connectivity index (χ0n) is 7.09. The van der Waals surface area contributed by atoms with Crippen molar-refractivity contribution in [2.45, 2.75) is 0 Å². The standard InChI is InChI=1S/C9H12O3/c1-11-7-4-5-9-12-8-3-2-6-10/h10H,6-9H2,1H3. The third-order valence-corrected chi connectivity index (χ3v) is 0.894. The average Bonchev–Trinajstić information content (AvgIpc) is 2.10. The summed E-state index contributed by atoms with van der Waals surface area (Å²) < 4.78 is 9.67. The SMILES string of the molecule is COCC#CCOCC#CCO. The molecule has 0 aliphatic carbocycles. The third-order valence-electron chi connectivity index (χ3n) is 0.894. The lowest BCUT2D eigenvalue weighted by Crippen LogP contribution is -1.92. The summed E-state index contributed by atoms with van der Waals surface area (Å²) in [7, 11) is 1.59. The molecule has 0 aliphatic heterocycles. The summed E-state index contributed by atoms with van der Waals surface area (Å²) in [4.78, 5) is 0. The molecule has 0 aromatic heterocycles. The van der Waals surface area contributed by atoms with Crippen molar-refractivity contribution in [2.75, 3.05) is 33.5 Å². The molecule has 1 N–H and O–H groups in total. The van der Waals surface area contributed by atoms with E-state index in [4.69, 9.17) is 14.6 Å². The predicted octanol–water partition coefficient (Wildman–Crippen LogP) is -0.351. The van der Waals surface area contributed by atoms with Gasteiger partial charge in [0.2, 0.25) is 0 Å². The van der Waals surface area contributed by atoms with Crippen molar-refractivity contribution in [3.05, 3.63) is 0 Å². The molecule has 3 nitrogen and oxygen atoms in total. The Kier molecular flexibility index (Phi) is 9.17. The fourth-order valence-corrected chi connectivity index (χ4v) is 0.434. The van der Waals surface area contributed by atoms with Crippen molar-refractivity contribution < 1.29 is 14.6 Å². The lowest BCUT2D eigenvalue weighted by atomic mass is 10.6. The Labute approximate surface area is 72.7 Å². The van der Waals surface area contributed by atoms with Crippen molar-refractivity contribution in [1.29, 1.82) is 0 Å². The van der Waals surface area contributed by atoms with E-state index in [0.29, 0.717) is 19.8 Å². The highest BCUT2D eigenvalue weighted by Crippen LogP contribution is 1.70. The quantitative estimate of drug-likeness (QED) is 0.462. The van der Waals surface area contributed by atoms with Crippen LogP contribution in [-0.2, 0) is 9.47 Å². The Balaban J connectivity index is 3.17. The molecule has 0 aliphatic rings. The molecule has 0 atom stereocenters. The van der Waals surface area contributed by atoms with Crippen molar-refractivity contribution in [1.82, 2.24) is 0 Å².